The fraction of sp³-hybridized carbons (Fsp3) is 0.533. The monoisotopic (exact) mass is 373 g/mol. The van der Waals surface area contributed by atoms with Crippen LogP contribution in [0.1, 0.15) is 49.4 Å². The molecule has 1 fully saturated rings. The van der Waals surface area contributed by atoms with E-state index in [0.29, 0.717) is 5.56 Å². The van der Waals surface area contributed by atoms with Gasteiger partial charge in [-0.25, -0.2) is 0 Å². The maximum Gasteiger partial charge on any atom is 0.251 e. The van der Waals surface area contributed by atoms with E-state index in [-0.39, 0.29) is 17.1 Å². The number of carbonyl (C=O) groups is 1. The minimum atomic E-state index is -0.0986. The van der Waals surface area contributed by atoms with Crippen LogP contribution in [0, 0.1) is 8.99 Å². The van der Waals surface area contributed by atoms with Crippen LogP contribution in [-0.4, -0.2) is 17.6 Å². The van der Waals surface area contributed by atoms with Crippen LogP contribution in [0.3, 0.4) is 0 Å². The van der Waals surface area contributed by atoms with E-state index in [1.165, 1.54) is 38.2 Å². The fourth-order valence-electron chi connectivity index (χ4n) is 2.63. The summed E-state index contributed by atoms with van der Waals surface area (Å²) in [5.41, 5.74) is 0.761. The molecule has 4 heteroatoms. The van der Waals surface area contributed by atoms with Crippen LogP contribution in [0.4, 0.5) is 0 Å². The van der Waals surface area contributed by atoms with Crippen molar-refractivity contribution in [3.05, 3.63) is 27.3 Å². The first kappa shape index (κ1) is 14.6. The van der Waals surface area contributed by atoms with Crippen molar-refractivity contribution in [2.45, 2.75) is 39.0 Å². The first-order valence-electron chi connectivity index (χ1n) is 6.77. The number of phenolic OH excluding ortho intramolecular Hbond substituents is 1. The first-order chi connectivity index (χ1) is 9.00. The van der Waals surface area contributed by atoms with Crippen LogP contribution in [0.25, 0.3) is 0 Å². The highest BCUT2D eigenvalue weighted by molar-refractivity contribution is 14.1. The quantitative estimate of drug-likeness (QED) is 0.794. The molecule has 1 amide bonds. The summed E-state index contributed by atoms with van der Waals surface area (Å²) in [6, 6.07) is 5.04. The highest BCUT2D eigenvalue weighted by Crippen LogP contribution is 2.35. The molecule has 2 N–H and O–H groups in total. The van der Waals surface area contributed by atoms with Gasteiger partial charge in [0.15, 0.2) is 0 Å². The lowest BCUT2D eigenvalue weighted by molar-refractivity contribution is 0.0919. The Bertz CT molecular complexity index is 467. The molecular weight excluding hydrogens is 353 g/mol. The van der Waals surface area contributed by atoms with Crippen molar-refractivity contribution >= 4 is 28.5 Å². The average molecular weight is 373 g/mol. The van der Waals surface area contributed by atoms with E-state index >= 15 is 0 Å². The van der Waals surface area contributed by atoms with Crippen molar-refractivity contribution in [2.75, 3.05) is 6.54 Å². The molecule has 1 aromatic carbocycles. The molecule has 1 aromatic rings. The van der Waals surface area contributed by atoms with Crippen molar-refractivity contribution in [3.63, 3.8) is 0 Å². The lowest BCUT2D eigenvalue weighted by Crippen LogP contribution is -2.37. The molecule has 0 saturated heterocycles. The van der Waals surface area contributed by atoms with Crippen LogP contribution in [-0.2, 0) is 0 Å². The van der Waals surface area contributed by atoms with E-state index in [9.17, 15) is 9.90 Å². The second-order valence-corrected chi connectivity index (χ2v) is 6.88. The Morgan fingerprint density at radius 2 is 2.05 bits per heavy atom. The number of nitrogens with one attached hydrogen (secondary N) is 1. The molecule has 2 rings (SSSR count). The maximum absolute atomic E-state index is 12.1. The number of carbonyl (C=O) groups excluding carboxylic acids is 1. The summed E-state index contributed by atoms with van der Waals surface area (Å²) in [5.74, 6) is 0.0654. The number of phenols is 1. The molecule has 0 unspecified atom stereocenters. The van der Waals surface area contributed by atoms with E-state index < -0.39 is 0 Å². The zero-order valence-electron chi connectivity index (χ0n) is 11.2. The lowest BCUT2D eigenvalue weighted by atomic mass is 9.76. The summed E-state index contributed by atoms with van der Waals surface area (Å²) in [7, 11) is 0. The SMILES string of the molecule is CC1(CNC(=O)c2ccc(I)c(O)c2)CCCCC1. The van der Waals surface area contributed by atoms with Gasteiger partial charge in [0.25, 0.3) is 5.91 Å². The van der Waals surface area contributed by atoms with Gasteiger partial charge in [-0.15, -0.1) is 0 Å². The van der Waals surface area contributed by atoms with Crippen LogP contribution < -0.4 is 5.32 Å². The van der Waals surface area contributed by atoms with Gasteiger partial charge < -0.3 is 10.4 Å². The van der Waals surface area contributed by atoms with E-state index in [1.54, 1.807) is 12.1 Å². The number of hydrogen-bond acceptors (Lipinski definition) is 2. The molecule has 0 bridgehead atoms. The Morgan fingerprint density at radius 1 is 1.37 bits per heavy atom. The van der Waals surface area contributed by atoms with E-state index in [1.807, 2.05) is 22.6 Å². The van der Waals surface area contributed by atoms with Crippen molar-refractivity contribution in [1.29, 1.82) is 0 Å². The van der Waals surface area contributed by atoms with Gasteiger partial charge >= 0.3 is 0 Å². The number of amides is 1. The number of rotatable bonds is 3. The van der Waals surface area contributed by atoms with Crippen LogP contribution in [0.2, 0.25) is 0 Å². The third kappa shape index (κ3) is 3.84. The van der Waals surface area contributed by atoms with Gasteiger partial charge in [-0.2, -0.15) is 0 Å². The van der Waals surface area contributed by atoms with E-state index in [4.69, 9.17) is 0 Å². The number of halogens is 1. The fourth-order valence-corrected chi connectivity index (χ4v) is 2.97. The third-order valence-electron chi connectivity index (χ3n) is 3.94. The second kappa shape index (κ2) is 6.11. The van der Waals surface area contributed by atoms with Gasteiger partial charge in [0, 0.05) is 12.1 Å². The zero-order valence-corrected chi connectivity index (χ0v) is 13.4. The standard InChI is InChI=1S/C15H20INO2/c1-15(7-3-2-4-8-15)10-17-14(19)11-5-6-12(16)13(18)9-11/h5-6,9,18H,2-4,7-8,10H2,1H3,(H,17,19). The van der Waals surface area contributed by atoms with Crippen molar-refractivity contribution in [3.8, 4) is 5.75 Å². The van der Waals surface area contributed by atoms with Crippen LogP contribution >= 0.6 is 22.6 Å². The summed E-state index contributed by atoms with van der Waals surface area (Å²) in [6.07, 6.45) is 6.21. The Hall–Kier alpha value is -0.780. The Labute approximate surface area is 127 Å². The molecule has 1 saturated carbocycles. The predicted octanol–water partition coefficient (Wildman–Crippen LogP) is 3.70. The molecule has 19 heavy (non-hydrogen) atoms. The summed E-state index contributed by atoms with van der Waals surface area (Å²) in [4.78, 5) is 12.1. The number of aromatic hydroxyl groups is 1. The second-order valence-electron chi connectivity index (χ2n) is 5.72. The minimum absolute atomic E-state index is 0.0986. The molecule has 3 nitrogen and oxygen atoms in total. The van der Waals surface area contributed by atoms with Crippen molar-refractivity contribution in [1.82, 2.24) is 5.32 Å². The van der Waals surface area contributed by atoms with Gasteiger partial charge in [0.1, 0.15) is 5.75 Å². The Morgan fingerprint density at radius 3 is 2.68 bits per heavy atom. The summed E-state index contributed by atoms with van der Waals surface area (Å²) in [6.45, 7) is 2.97. The van der Waals surface area contributed by atoms with Crippen LogP contribution in [0.5, 0.6) is 5.75 Å². The number of benzene rings is 1. The van der Waals surface area contributed by atoms with Gasteiger partial charge in [0.05, 0.1) is 3.57 Å². The highest BCUT2D eigenvalue weighted by atomic mass is 127. The maximum atomic E-state index is 12.1. The molecule has 104 valence electrons. The highest BCUT2D eigenvalue weighted by Gasteiger charge is 2.27. The molecule has 0 radical (unpaired) electrons. The molecule has 0 aliphatic heterocycles. The lowest BCUT2D eigenvalue weighted by Gasteiger charge is -2.33. The minimum Gasteiger partial charge on any atom is -0.507 e. The largest absolute Gasteiger partial charge is 0.507 e. The van der Waals surface area contributed by atoms with Gasteiger partial charge in [-0.05, 0) is 59.0 Å². The molecule has 0 spiro atoms. The smallest absolute Gasteiger partial charge is 0.251 e. The van der Waals surface area contributed by atoms with Gasteiger partial charge in [0.2, 0.25) is 0 Å². The van der Waals surface area contributed by atoms with Gasteiger partial charge in [-0.3, -0.25) is 4.79 Å². The van der Waals surface area contributed by atoms with Crippen LogP contribution in [0.15, 0.2) is 18.2 Å². The topological polar surface area (TPSA) is 49.3 Å². The van der Waals surface area contributed by atoms with E-state index in [2.05, 4.69) is 12.2 Å². The Kier molecular flexibility index (Phi) is 4.71. The summed E-state index contributed by atoms with van der Waals surface area (Å²) in [5, 5.41) is 12.6. The third-order valence-corrected chi connectivity index (χ3v) is 4.86. The zero-order chi connectivity index (χ0) is 13.9. The molecule has 1 aliphatic rings. The average Bonchev–Trinajstić information content (AvgIpc) is 2.40. The molecule has 0 atom stereocenters. The van der Waals surface area contributed by atoms with Crippen molar-refractivity contribution < 1.29 is 9.90 Å². The first-order valence-corrected chi connectivity index (χ1v) is 7.85. The van der Waals surface area contributed by atoms with Crippen molar-refractivity contribution in [2.24, 2.45) is 5.41 Å². The summed E-state index contributed by atoms with van der Waals surface area (Å²) >= 11 is 2.04. The molecular formula is C15H20INO2. The van der Waals surface area contributed by atoms with E-state index in [0.717, 1.165) is 10.1 Å². The molecule has 0 aromatic heterocycles. The normalized spacial score (nSPS) is 18.0. The molecule has 1 aliphatic carbocycles. The Balaban J connectivity index is 1.95. The molecule has 0 heterocycles. The number of hydrogen-bond donors (Lipinski definition) is 2. The van der Waals surface area contributed by atoms with Gasteiger partial charge in [-0.1, -0.05) is 26.2 Å². The predicted molar refractivity (Wildman–Crippen MR) is 84.3 cm³/mol. The summed E-state index contributed by atoms with van der Waals surface area (Å²) < 4.78 is 0.758.